The molecular formula is C22H34O5. The van der Waals surface area contributed by atoms with Gasteiger partial charge in [0, 0.05) is 6.92 Å². The molecule has 1 N–H and O–H groups in total. The fourth-order valence-corrected chi connectivity index (χ4v) is 3.89. The number of hydrogen-bond acceptors (Lipinski definition) is 5. The van der Waals surface area contributed by atoms with Gasteiger partial charge in [-0.25, -0.2) is 0 Å². The summed E-state index contributed by atoms with van der Waals surface area (Å²) in [5.41, 5.74) is 1.51. The molecule has 0 bridgehead atoms. The van der Waals surface area contributed by atoms with E-state index in [0.29, 0.717) is 25.7 Å². The topological polar surface area (TPSA) is 76.1 Å². The molecule has 1 fully saturated rings. The van der Waals surface area contributed by atoms with Gasteiger partial charge in [0.2, 0.25) is 0 Å². The summed E-state index contributed by atoms with van der Waals surface area (Å²) in [6.07, 6.45) is 4.71. The van der Waals surface area contributed by atoms with Crippen molar-refractivity contribution in [3.05, 3.63) is 22.8 Å². The van der Waals surface area contributed by atoms with Crippen molar-refractivity contribution in [1.29, 1.82) is 0 Å². The number of hydrogen-bond donors (Lipinski definition) is 1. The first-order chi connectivity index (χ1) is 12.5. The molecule has 0 aromatic heterocycles. The number of rotatable bonds is 1. The minimum Gasteiger partial charge on any atom is -0.460 e. The summed E-state index contributed by atoms with van der Waals surface area (Å²) < 4.78 is 11.4. The van der Waals surface area contributed by atoms with E-state index in [-0.39, 0.29) is 11.8 Å². The van der Waals surface area contributed by atoms with Crippen molar-refractivity contribution in [3.8, 4) is 0 Å². The quantitative estimate of drug-likeness (QED) is 0.323. The van der Waals surface area contributed by atoms with E-state index in [1.54, 1.807) is 0 Å². The number of carbonyl (C=O) groups is 2. The Labute approximate surface area is 162 Å². The lowest BCUT2D eigenvalue weighted by Gasteiger charge is -2.31. The smallest absolute Gasteiger partial charge is 0.303 e. The monoisotopic (exact) mass is 378 g/mol. The summed E-state index contributed by atoms with van der Waals surface area (Å²) in [7, 11) is 0. The largest absolute Gasteiger partial charge is 0.460 e. The zero-order valence-electron chi connectivity index (χ0n) is 17.6. The van der Waals surface area contributed by atoms with Crippen molar-refractivity contribution in [2.24, 2.45) is 0 Å². The lowest BCUT2D eigenvalue weighted by Crippen LogP contribution is -2.33. The Kier molecular flexibility index (Phi) is 6.69. The number of Topliss-reactive ketones (excluding diaryl/α,β-unsaturated/α-hetero) is 1. The summed E-state index contributed by atoms with van der Waals surface area (Å²) in [5, 5.41) is 10.5. The van der Waals surface area contributed by atoms with Crippen LogP contribution >= 0.6 is 0 Å². The predicted octanol–water partition coefficient (Wildman–Crippen LogP) is 4.03. The first-order valence-electron chi connectivity index (χ1n) is 9.90. The Morgan fingerprint density at radius 2 is 1.89 bits per heavy atom. The van der Waals surface area contributed by atoms with Gasteiger partial charge >= 0.3 is 5.97 Å². The maximum atomic E-state index is 13.0. The molecule has 1 heterocycles. The molecule has 1 aliphatic heterocycles. The van der Waals surface area contributed by atoms with Crippen molar-refractivity contribution < 1.29 is 24.2 Å². The van der Waals surface area contributed by atoms with Crippen LogP contribution in [0, 0.1) is 0 Å². The minimum atomic E-state index is -0.716. The SMILES string of the molecule is CC(=O)O[C@]1(C)CCC(=C(C)C)C(=O)[C@@H]2O[C@@]2(C)CC/C=C(/C)[C@H](O)CC1. The van der Waals surface area contributed by atoms with Gasteiger partial charge in [-0.1, -0.05) is 11.6 Å². The number of allylic oxidation sites excluding steroid dienone is 2. The molecule has 0 spiro atoms. The number of esters is 1. The van der Waals surface area contributed by atoms with E-state index in [1.165, 1.54) is 6.92 Å². The number of epoxide rings is 1. The van der Waals surface area contributed by atoms with Crippen molar-refractivity contribution >= 4 is 11.8 Å². The summed E-state index contributed by atoms with van der Waals surface area (Å²) in [5.74, 6) is -0.288. The van der Waals surface area contributed by atoms with Gasteiger partial charge in [-0.05, 0) is 84.3 Å². The molecule has 2 aliphatic rings. The zero-order valence-corrected chi connectivity index (χ0v) is 17.6. The van der Waals surface area contributed by atoms with E-state index in [2.05, 4.69) is 0 Å². The lowest BCUT2D eigenvalue weighted by atomic mass is 9.85. The number of ether oxygens (including phenoxy) is 2. The third kappa shape index (κ3) is 5.52. The summed E-state index contributed by atoms with van der Waals surface area (Å²) in [4.78, 5) is 24.6. The Morgan fingerprint density at radius 1 is 1.22 bits per heavy atom. The van der Waals surface area contributed by atoms with Gasteiger partial charge in [0.05, 0.1) is 6.10 Å². The molecule has 0 amide bonds. The molecule has 0 aromatic rings. The van der Waals surface area contributed by atoms with Gasteiger partial charge in [-0.15, -0.1) is 0 Å². The van der Waals surface area contributed by atoms with Crippen LogP contribution in [0.15, 0.2) is 22.8 Å². The lowest BCUT2D eigenvalue weighted by molar-refractivity contribution is -0.157. The van der Waals surface area contributed by atoms with Gasteiger partial charge in [0.1, 0.15) is 17.3 Å². The molecule has 4 atom stereocenters. The van der Waals surface area contributed by atoms with Crippen LogP contribution in [0.5, 0.6) is 0 Å². The van der Waals surface area contributed by atoms with Crippen molar-refractivity contribution in [1.82, 2.24) is 0 Å². The molecule has 27 heavy (non-hydrogen) atoms. The highest BCUT2D eigenvalue weighted by Gasteiger charge is 2.56. The molecule has 2 rings (SSSR count). The molecule has 0 aromatic carbocycles. The third-order valence-electron chi connectivity index (χ3n) is 5.90. The molecule has 0 unspecified atom stereocenters. The number of carbonyl (C=O) groups excluding carboxylic acids is 2. The first-order valence-corrected chi connectivity index (χ1v) is 9.90. The van der Waals surface area contributed by atoms with Crippen molar-refractivity contribution in [2.75, 3.05) is 0 Å². The van der Waals surface area contributed by atoms with Gasteiger partial charge in [0.15, 0.2) is 5.78 Å². The van der Waals surface area contributed by atoms with Crippen LogP contribution in [-0.2, 0) is 19.1 Å². The van der Waals surface area contributed by atoms with E-state index in [0.717, 1.165) is 29.6 Å². The highest BCUT2D eigenvalue weighted by atomic mass is 16.6. The molecule has 0 saturated carbocycles. The van der Waals surface area contributed by atoms with Gasteiger partial charge in [-0.3, -0.25) is 9.59 Å². The van der Waals surface area contributed by atoms with Crippen LogP contribution in [0.25, 0.3) is 0 Å². The number of aliphatic hydroxyl groups is 1. The highest BCUT2D eigenvalue weighted by Crippen LogP contribution is 2.43. The van der Waals surface area contributed by atoms with Crippen LogP contribution in [-0.4, -0.2) is 40.3 Å². The van der Waals surface area contributed by atoms with E-state index in [4.69, 9.17) is 9.47 Å². The molecule has 5 nitrogen and oxygen atoms in total. The van der Waals surface area contributed by atoms with Crippen LogP contribution in [0.2, 0.25) is 0 Å². The normalized spacial score (nSPS) is 37.5. The van der Waals surface area contributed by atoms with Crippen LogP contribution < -0.4 is 0 Å². The average molecular weight is 379 g/mol. The van der Waals surface area contributed by atoms with E-state index in [1.807, 2.05) is 40.7 Å². The molecule has 0 radical (unpaired) electrons. The molecule has 152 valence electrons. The molecular weight excluding hydrogens is 344 g/mol. The minimum absolute atomic E-state index is 0.0560. The standard InChI is InChI=1S/C22H34O5/c1-14(2)17-9-12-21(5,26-16(4)23)13-10-18(24)15(3)8-7-11-22(6)20(27-22)19(17)25/h8,18,20,24H,7,9-13H2,1-6H3/b15-8-/t18-,20+,21-,22+/m1/s1. The van der Waals surface area contributed by atoms with Crippen LogP contribution in [0.1, 0.15) is 80.1 Å². The number of ketones is 1. The number of fused-ring (bicyclic) bond motifs is 1. The fraction of sp³-hybridized carbons (Fsp3) is 0.727. The average Bonchev–Trinajstić information content (AvgIpc) is 3.22. The second-order valence-electron chi connectivity index (χ2n) is 8.74. The number of aliphatic hydroxyl groups excluding tert-OH is 1. The first kappa shape index (κ1) is 21.8. The predicted molar refractivity (Wildman–Crippen MR) is 104 cm³/mol. The van der Waals surface area contributed by atoms with Gasteiger partial charge in [0.25, 0.3) is 0 Å². The summed E-state index contributed by atoms with van der Waals surface area (Å²) in [6.45, 7) is 11.1. The van der Waals surface area contributed by atoms with E-state index >= 15 is 0 Å². The highest BCUT2D eigenvalue weighted by molar-refractivity contribution is 6.01. The Bertz CT molecular complexity index is 658. The summed E-state index contributed by atoms with van der Waals surface area (Å²) >= 11 is 0. The van der Waals surface area contributed by atoms with Crippen LogP contribution in [0.4, 0.5) is 0 Å². The Hall–Kier alpha value is -1.46. The molecule has 1 aliphatic carbocycles. The second kappa shape index (κ2) is 8.27. The third-order valence-corrected chi connectivity index (χ3v) is 5.90. The van der Waals surface area contributed by atoms with Crippen LogP contribution in [0.3, 0.4) is 0 Å². The summed E-state index contributed by atoms with van der Waals surface area (Å²) in [6, 6.07) is 0. The molecule has 5 heteroatoms. The van der Waals surface area contributed by atoms with Gasteiger partial charge < -0.3 is 14.6 Å². The fourth-order valence-electron chi connectivity index (χ4n) is 3.89. The van der Waals surface area contributed by atoms with Crippen molar-refractivity contribution in [3.63, 3.8) is 0 Å². The molecule has 1 saturated heterocycles. The maximum Gasteiger partial charge on any atom is 0.303 e. The second-order valence-corrected chi connectivity index (χ2v) is 8.74. The van der Waals surface area contributed by atoms with E-state index < -0.39 is 23.4 Å². The van der Waals surface area contributed by atoms with E-state index in [9.17, 15) is 14.7 Å². The Balaban J connectivity index is 2.30. The maximum absolute atomic E-state index is 13.0. The Morgan fingerprint density at radius 3 is 2.48 bits per heavy atom. The van der Waals surface area contributed by atoms with Crippen molar-refractivity contribution in [2.45, 2.75) is 103 Å². The zero-order chi connectivity index (χ0) is 20.4. The van der Waals surface area contributed by atoms with Gasteiger partial charge in [-0.2, -0.15) is 0 Å².